The van der Waals surface area contributed by atoms with Crippen molar-refractivity contribution in [3.8, 4) is 11.5 Å². The predicted octanol–water partition coefficient (Wildman–Crippen LogP) is 2.78. The van der Waals surface area contributed by atoms with E-state index in [0.717, 1.165) is 11.3 Å². The second kappa shape index (κ2) is 5.75. The van der Waals surface area contributed by atoms with Crippen LogP contribution in [0.3, 0.4) is 0 Å². The zero-order chi connectivity index (χ0) is 12.1. The summed E-state index contributed by atoms with van der Waals surface area (Å²) in [6, 6.07) is 5.47. The number of hydrogen-bond donors (Lipinski definition) is 1. The van der Waals surface area contributed by atoms with Gasteiger partial charge in [0.1, 0.15) is 11.5 Å². The predicted molar refractivity (Wildman–Crippen MR) is 64.0 cm³/mol. The number of methoxy groups -OCH3 is 1. The molecule has 1 aromatic carbocycles. The highest BCUT2D eigenvalue weighted by atomic mass is 16.5. The number of rotatable bonds is 5. The Hall–Kier alpha value is -1.22. The van der Waals surface area contributed by atoms with Crippen molar-refractivity contribution >= 4 is 0 Å². The van der Waals surface area contributed by atoms with E-state index in [0.29, 0.717) is 18.3 Å². The monoisotopic (exact) mass is 224 g/mol. The number of ether oxygens (including phenoxy) is 2. The van der Waals surface area contributed by atoms with Crippen LogP contribution in [0, 0.1) is 5.92 Å². The molecule has 0 bridgehead atoms. The standard InChI is InChI=1S/C13H20O3/c1-9(2)8-16-13-7-11(15-4)5-6-12(13)10(3)14/h5-7,9-10,14H,8H2,1-4H3/t10-/m1/s1. The van der Waals surface area contributed by atoms with Gasteiger partial charge >= 0.3 is 0 Å². The van der Waals surface area contributed by atoms with Crippen LogP contribution in [0.1, 0.15) is 32.4 Å². The Labute approximate surface area is 97.0 Å². The molecule has 1 rings (SSSR count). The second-order valence-electron chi connectivity index (χ2n) is 4.28. The molecule has 1 aromatic rings. The number of aliphatic hydroxyl groups is 1. The van der Waals surface area contributed by atoms with Crippen molar-refractivity contribution in [1.82, 2.24) is 0 Å². The first-order chi connectivity index (χ1) is 7.54. The summed E-state index contributed by atoms with van der Waals surface area (Å²) >= 11 is 0. The van der Waals surface area contributed by atoms with E-state index >= 15 is 0 Å². The zero-order valence-corrected chi connectivity index (χ0v) is 10.4. The minimum absolute atomic E-state index is 0.452. The summed E-state index contributed by atoms with van der Waals surface area (Å²) in [4.78, 5) is 0. The lowest BCUT2D eigenvalue weighted by atomic mass is 10.1. The van der Waals surface area contributed by atoms with E-state index in [1.54, 1.807) is 14.0 Å². The largest absolute Gasteiger partial charge is 0.497 e. The smallest absolute Gasteiger partial charge is 0.128 e. The average molecular weight is 224 g/mol. The Bertz CT molecular complexity index is 332. The van der Waals surface area contributed by atoms with Crippen molar-refractivity contribution < 1.29 is 14.6 Å². The first-order valence-electron chi connectivity index (χ1n) is 5.53. The summed E-state index contributed by atoms with van der Waals surface area (Å²) < 4.78 is 10.8. The van der Waals surface area contributed by atoms with Crippen LogP contribution in [-0.2, 0) is 0 Å². The minimum atomic E-state index is -0.534. The van der Waals surface area contributed by atoms with Crippen molar-refractivity contribution in [2.45, 2.75) is 26.9 Å². The van der Waals surface area contributed by atoms with Gasteiger partial charge in [0.15, 0.2) is 0 Å². The van der Waals surface area contributed by atoms with E-state index < -0.39 is 6.10 Å². The Kier molecular flexibility index (Phi) is 4.62. The molecule has 3 heteroatoms. The van der Waals surface area contributed by atoms with Gasteiger partial charge in [0.2, 0.25) is 0 Å². The highest BCUT2D eigenvalue weighted by Crippen LogP contribution is 2.29. The highest BCUT2D eigenvalue weighted by molar-refractivity contribution is 5.41. The molecule has 0 amide bonds. The summed E-state index contributed by atoms with van der Waals surface area (Å²) in [6.45, 7) is 6.53. The van der Waals surface area contributed by atoms with Crippen molar-refractivity contribution in [3.63, 3.8) is 0 Å². The Morgan fingerprint density at radius 2 is 1.94 bits per heavy atom. The zero-order valence-electron chi connectivity index (χ0n) is 10.4. The molecule has 0 fully saturated rings. The third kappa shape index (κ3) is 3.42. The topological polar surface area (TPSA) is 38.7 Å². The van der Waals surface area contributed by atoms with Crippen LogP contribution >= 0.6 is 0 Å². The van der Waals surface area contributed by atoms with Crippen molar-refractivity contribution in [1.29, 1.82) is 0 Å². The second-order valence-corrected chi connectivity index (χ2v) is 4.28. The average Bonchev–Trinajstić information content (AvgIpc) is 2.25. The van der Waals surface area contributed by atoms with Crippen LogP contribution in [0.4, 0.5) is 0 Å². The molecule has 0 heterocycles. The Morgan fingerprint density at radius 1 is 1.25 bits per heavy atom. The molecule has 90 valence electrons. The normalized spacial score (nSPS) is 12.6. The number of aliphatic hydroxyl groups excluding tert-OH is 1. The van der Waals surface area contributed by atoms with E-state index in [4.69, 9.17) is 9.47 Å². The molecular formula is C13H20O3. The van der Waals surface area contributed by atoms with E-state index in [1.165, 1.54) is 0 Å². The fraction of sp³-hybridized carbons (Fsp3) is 0.538. The van der Waals surface area contributed by atoms with E-state index in [2.05, 4.69) is 13.8 Å². The lowest BCUT2D eigenvalue weighted by molar-refractivity contribution is 0.187. The summed E-state index contributed by atoms with van der Waals surface area (Å²) in [5.41, 5.74) is 0.793. The maximum absolute atomic E-state index is 9.61. The minimum Gasteiger partial charge on any atom is -0.497 e. The van der Waals surface area contributed by atoms with Crippen LogP contribution in [0.2, 0.25) is 0 Å². The fourth-order valence-electron chi connectivity index (χ4n) is 1.37. The lowest BCUT2D eigenvalue weighted by Crippen LogP contribution is -2.07. The Balaban J connectivity index is 2.91. The molecule has 16 heavy (non-hydrogen) atoms. The van der Waals surface area contributed by atoms with Crippen LogP contribution in [0.5, 0.6) is 11.5 Å². The quantitative estimate of drug-likeness (QED) is 0.835. The highest BCUT2D eigenvalue weighted by Gasteiger charge is 2.11. The van der Waals surface area contributed by atoms with Crippen LogP contribution in [0.25, 0.3) is 0 Å². The Morgan fingerprint density at radius 3 is 2.44 bits per heavy atom. The molecular weight excluding hydrogens is 204 g/mol. The molecule has 0 aromatic heterocycles. The van der Waals surface area contributed by atoms with Gasteiger partial charge in [-0.3, -0.25) is 0 Å². The summed E-state index contributed by atoms with van der Waals surface area (Å²) in [6.07, 6.45) is -0.534. The van der Waals surface area contributed by atoms with Crippen molar-refractivity contribution in [2.75, 3.05) is 13.7 Å². The molecule has 0 aliphatic heterocycles. The van der Waals surface area contributed by atoms with E-state index in [1.807, 2.05) is 18.2 Å². The molecule has 0 spiro atoms. The maximum Gasteiger partial charge on any atom is 0.128 e. The van der Waals surface area contributed by atoms with Crippen LogP contribution in [-0.4, -0.2) is 18.8 Å². The molecule has 1 N–H and O–H groups in total. The third-order valence-electron chi connectivity index (χ3n) is 2.24. The molecule has 0 saturated heterocycles. The first-order valence-corrected chi connectivity index (χ1v) is 5.53. The van der Waals surface area contributed by atoms with Gasteiger partial charge in [0.05, 0.1) is 19.8 Å². The van der Waals surface area contributed by atoms with Gasteiger partial charge in [0, 0.05) is 11.6 Å². The van der Waals surface area contributed by atoms with Crippen molar-refractivity contribution in [2.24, 2.45) is 5.92 Å². The van der Waals surface area contributed by atoms with Gasteiger partial charge in [0.25, 0.3) is 0 Å². The SMILES string of the molecule is COc1ccc([C@@H](C)O)c(OCC(C)C)c1. The van der Waals surface area contributed by atoms with E-state index in [-0.39, 0.29) is 0 Å². The van der Waals surface area contributed by atoms with Crippen LogP contribution in [0.15, 0.2) is 18.2 Å². The van der Waals surface area contributed by atoms with E-state index in [9.17, 15) is 5.11 Å². The first kappa shape index (κ1) is 12.8. The number of benzene rings is 1. The van der Waals surface area contributed by atoms with Gasteiger partial charge in [-0.05, 0) is 25.0 Å². The molecule has 3 nitrogen and oxygen atoms in total. The summed E-state index contributed by atoms with van der Waals surface area (Å²) in [5, 5.41) is 9.61. The molecule has 0 unspecified atom stereocenters. The lowest BCUT2D eigenvalue weighted by Gasteiger charge is -2.15. The van der Waals surface area contributed by atoms with Gasteiger partial charge in [-0.15, -0.1) is 0 Å². The molecule has 0 saturated carbocycles. The summed E-state index contributed by atoms with van der Waals surface area (Å²) in [5.74, 6) is 1.89. The molecule has 0 aliphatic carbocycles. The molecule has 0 aliphatic rings. The van der Waals surface area contributed by atoms with Gasteiger partial charge in [-0.25, -0.2) is 0 Å². The van der Waals surface area contributed by atoms with Gasteiger partial charge < -0.3 is 14.6 Å². The number of hydrogen-bond acceptors (Lipinski definition) is 3. The van der Waals surface area contributed by atoms with Gasteiger partial charge in [-0.1, -0.05) is 13.8 Å². The maximum atomic E-state index is 9.61. The molecule has 0 radical (unpaired) electrons. The summed E-state index contributed by atoms with van der Waals surface area (Å²) in [7, 11) is 1.61. The van der Waals surface area contributed by atoms with Crippen molar-refractivity contribution in [3.05, 3.63) is 23.8 Å². The molecule has 1 atom stereocenters. The fourth-order valence-corrected chi connectivity index (χ4v) is 1.37. The van der Waals surface area contributed by atoms with Crippen LogP contribution < -0.4 is 9.47 Å². The van der Waals surface area contributed by atoms with Gasteiger partial charge in [-0.2, -0.15) is 0 Å². The third-order valence-corrected chi connectivity index (χ3v) is 2.24.